The maximum absolute atomic E-state index is 12.3. The van der Waals surface area contributed by atoms with Crippen LogP contribution in [0.2, 0.25) is 0 Å². The Kier molecular flexibility index (Phi) is 4.38. The molecule has 0 N–H and O–H groups in total. The van der Waals surface area contributed by atoms with Gasteiger partial charge in [-0.2, -0.15) is 0 Å². The second-order valence-corrected chi connectivity index (χ2v) is 7.11. The molecule has 1 aromatic heterocycles. The summed E-state index contributed by atoms with van der Waals surface area (Å²) < 4.78 is 6.15. The van der Waals surface area contributed by atoms with Crippen molar-refractivity contribution in [2.24, 2.45) is 0 Å². The lowest BCUT2D eigenvalue weighted by molar-refractivity contribution is -0.113. The topological polar surface area (TPSA) is 62.7 Å². The van der Waals surface area contributed by atoms with Gasteiger partial charge in [0.2, 0.25) is 0 Å². The van der Waals surface area contributed by atoms with E-state index in [0.29, 0.717) is 18.0 Å². The lowest BCUT2D eigenvalue weighted by Gasteiger charge is -2.21. The molecule has 0 unspecified atom stereocenters. The number of anilines is 2. The highest BCUT2D eigenvalue weighted by atomic mass is 32.2. The second kappa shape index (κ2) is 6.84. The van der Waals surface area contributed by atoms with E-state index in [1.165, 1.54) is 0 Å². The molecule has 2 aromatic rings. The van der Waals surface area contributed by atoms with E-state index in [-0.39, 0.29) is 16.2 Å². The molecule has 2 aliphatic heterocycles. The monoisotopic (exact) mass is 367 g/mol. The Hall–Kier alpha value is -2.80. The molecule has 3 heterocycles. The Balaban J connectivity index is 1.52. The molecule has 0 radical (unpaired) electrons. The molecular weight excluding hydrogens is 350 g/mol. The van der Waals surface area contributed by atoms with E-state index in [9.17, 15) is 9.59 Å². The normalized spacial score (nSPS) is 20.2. The fourth-order valence-corrected chi connectivity index (χ4v) is 3.77. The average molecular weight is 367 g/mol. The van der Waals surface area contributed by atoms with Gasteiger partial charge >= 0.3 is 0 Å². The average Bonchev–Trinajstić information content (AvgIpc) is 3.21. The predicted octanol–water partition coefficient (Wildman–Crippen LogP) is 3.45. The minimum Gasteiger partial charge on any atom is -0.486 e. The highest BCUT2D eigenvalue weighted by molar-refractivity contribution is 8.18. The first-order valence-electron chi connectivity index (χ1n) is 8.30. The third kappa shape index (κ3) is 3.06. The Morgan fingerprint density at radius 1 is 1.15 bits per heavy atom. The van der Waals surface area contributed by atoms with Crippen molar-refractivity contribution in [3.8, 4) is 5.75 Å². The van der Waals surface area contributed by atoms with Gasteiger partial charge in [0.15, 0.2) is 0 Å². The first kappa shape index (κ1) is 16.7. The zero-order valence-corrected chi connectivity index (χ0v) is 14.8. The summed E-state index contributed by atoms with van der Waals surface area (Å²) in [7, 11) is 0. The van der Waals surface area contributed by atoms with Gasteiger partial charge in [-0.15, -0.1) is 0 Å². The number of ether oxygens (including phenoxy) is 1. The SMILES string of the molecule is C=C1SC(=O)N(c2ccccc2O[C@H]2CCN(c3ccccn3)C2)C1=O. The van der Waals surface area contributed by atoms with E-state index in [1.54, 1.807) is 24.4 Å². The van der Waals surface area contributed by atoms with Crippen molar-refractivity contribution in [2.45, 2.75) is 12.5 Å². The number of benzene rings is 1. The summed E-state index contributed by atoms with van der Waals surface area (Å²) in [5, 5.41) is -0.349. The van der Waals surface area contributed by atoms with Crippen LogP contribution in [0.4, 0.5) is 16.3 Å². The number of carbonyl (C=O) groups is 2. The van der Waals surface area contributed by atoms with Crippen LogP contribution >= 0.6 is 11.8 Å². The molecule has 2 aliphatic rings. The molecule has 0 aliphatic carbocycles. The van der Waals surface area contributed by atoms with Crippen LogP contribution in [0, 0.1) is 0 Å². The molecule has 1 atom stereocenters. The van der Waals surface area contributed by atoms with Gasteiger partial charge in [0.25, 0.3) is 11.1 Å². The third-order valence-corrected chi connectivity index (χ3v) is 5.13. The summed E-state index contributed by atoms with van der Waals surface area (Å²) in [5.41, 5.74) is 0.463. The van der Waals surface area contributed by atoms with Gasteiger partial charge in [-0.05, 0) is 36.0 Å². The molecule has 2 saturated heterocycles. The molecule has 7 heteroatoms. The lowest BCUT2D eigenvalue weighted by atomic mass is 10.2. The van der Waals surface area contributed by atoms with Crippen LogP contribution in [0.15, 0.2) is 60.1 Å². The van der Waals surface area contributed by atoms with Gasteiger partial charge in [-0.25, -0.2) is 9.88 Å². The summed E-state index contributed by atoms with van der Waals surface area (Å²) in [5.74, 6) is 1.06. The molecule has 6 nitrogen and oxygen atoms in total. The summed E-state index contributed by atoms with van der Waals surface area (Å²) in [6, 6.07) is 12.9. The van der Waals surface area contributed by atoms with E-state index in [2.05, 4.69) is 16.5 Å². The van der Waals surface area contributed by atoms with Crippen molar-refractivity contribution in [1.82, 2.24) is 4.98 Å². The van der Waals surface area contributed by atoms with Crippen molar-refractivity contribution < 1.29 is 14.3 Å². The van der Waals surface area contributed by atoms with Crippen LogP contribution in [-0.4, -0.2) is 35.3 Å². The fourth-order valence-electron chi connectivity index (χ4n) is 3.10. The van der Waals surface area contributed by atoms with Crippen LogP contribution < -0.4 is 14.5 Å². The molecule has 2 amide bonds. The molecule has 0 spiro atoms. The minimum absolute atomic E-state index is 0.0400. The first-order chi connectivity index (χ1) is 12.6. The van der Waals surface area contributed by atoms with Gasteiger partial charge < -0.3 is 9.64 Å². The Labute approximate surface area is 155 Å². The Bertz CT molecular complexity index is 871. The maximum atomic E-state index is 12.3. The number of para-hydroxylation sites is 2. The molecule has 132 valence electrons. The van der Waals surface area contributed by atoms with E-state index < -0.39 is 5.91 Å². The van der Waals surface area contributed by atoms with Crippen LogP contribution in [-0.2, 0) is 4.79 Å². The van der Waals surface area contributed by atoms with Crippen molar-refractivity contribution in [2.75, 3.05) is 22.9 Å². The number of pyridine rings is 1. The van der Waals surface area contributed by atoms with E-state index in [1.807, 2.05) is 24.3 Å². The number of hydrogen-bond donors (Lipinski definition) is 0. The van der Waals surface area contributed by atoms with E-state index in [0.717, 1.165) is 35.4 Å². The number of amides is 2. The third-order valence-electron chi connectivity index (χ3n) is 4.35. The largest absolute Gasteiger partial charge is 0.486 e. The highest BCUT2D eigenvalue weighted by Crippen LogP contribution is 2.38. The van der Waals surface area contributed by atoms with Crippen molar-refractivity contribution in [1.29, 1.82) is 0 Å². The molecule has 2 fully saturated rings. The fraction of sp³-hybridized carbons (Fsp3) is 0.211. The summed E-state index contributed by atoms with van der Waals surface area (Å²) >= 11 is 0.852. The standard InChI is InChI=1S/C19H17N3O3S/c1-13-18(23)22(19(24)26-13)15-6-2-3-7-16(15)25-14-9-11-21(12-14)17-8-4-5-10-20-17/h2-8,10,14H,1,9,11-12H2/t14-/m0/s1. The maximum Gasteiger partial charge on any atom is 0.298 e. The number of aromatic nitrogens is 1. The van der Waals surface area contributed by atoms with Gasteiger partial charge in [0.05, 0.1) is 17.1 Å². The number of nitrogens with zero attached hydrogens (tertiary/aromatic N) is 3. The van der Waals surface area contributed by atoms with E-state index >= 15 is 0 Å². The summed E-state index contributed by atoms with van der Waals surface area (Å²) in [6.45, 7) is 5.18. The van der Waals surface area contributed by atoms with Crippen LogP contribution in [0.1, 0.15) is 6.42 Å². The molecule has 0 bridgehead atoms. The molecular formula is C19H17N3O3S. The Morgan fingerprint density at radius 3 is 2.69 bits per heavy atom. The minimum atomic E-state index is -0.391. The molecule has 1 aromatic carbocycles. The number of hydrogen-bond acceptors (Lipinski definition) is 6. The quantitative estimate of drug-likeness (QED) is 0.772. The Morgan fingerprint density at radius 2 is 1.96 bits per heavy atom. The number of thioether (sulfide) groups is 1. The van der Waals surface area contributed by atoms with Crippen LogP contribution in [0.3, 0.4) is 0 Å². The van der Waals surface area contributed by atoms with Crippen molar-refractivity contribution in [3.63, 3.8) is 0 Å². The summed E-state index contributed by atoms with van der Waals surface area (Å²) in [6.07, 6.45) is 2.57. The van der Waals surface area contributed by atoms with Gasteiger partial charge in [-0.3, -0.25) is 9.59 Å². The zero-order chi connectivity index (χ0) is 18.1. The highest BCUT2D eigenvalue weighted by Gasteiger charge is 2.37. The first-order valence-corrected chi connectivity index (χ1v) is 9.12. The second-order valence-electron chi connectivity index (χ2n) is 6.06. The van der Waals surface area contributed by atoms with Crippen LogP contribution in [0.25, 0.3) is 0 Å². The van der Waals surface area contributed by atoms with Crippen molar-refractivity contribution >= 4 is 34.4 Å². The number of carbonyl (C=O) groups excluding carboxylic acids is 2. The molecule has 4 rings (SSSR count). The lowest BCUT2D eigenvalue weighted by Crippen LogP contribution is -2.29. The number of imide groups is 1. The van der Waals surface area contributed by atoms with Crippen molar-refractivity contribution in [3.05, 3.63) is 60.1 Å². The molecule has 0 saturated carbocycles. The predicted molar refractivity (Wildman–Crippen MR) is 102 cm³/mol. The smallest absolute Gasteiger partial charge is 0.298 e. The van der Waals surface area contributed by atoms with Gasteiger partial charge in [0.1, 0.15) is 17.7 Å². The zero-order valence-electron chi connectivity index (χ0n) is 14.0. The van der Waals surface area contributed by atoms with Gasteiger partial charge in [0, 0.05) is 19.2 Å². The molecule has 26 heavy (non-hydrogen) atoms. The summed E-state index contributed by atoms with van der Waals surface area (Å²) in [4.78, 5) is 32.3. The van der Waals surface area contributed by atoms with E-state index in [4.69, 9.17) is 4.74 Å². The van der Waals surface area contributed by atoms with Gasteiger partial charge in [-0.1, -0.05) is 24.8 Å². The number of rotatable bonds is 4. The van der Waals surface area contributed by atoms with Crippen LogP contribution in [0.5, 0.6) is 5.75 Å².